The Labute approximate surface area is 161 Å². The maximum atomic E-state index is 12.7. The van der Waals surface area contributed by atoms with Crippen molar-refractivity contribution in [2.24, 2.45) is 0 Å². The van der Waals surface area contributed by atoms with Crippen molar-refractivity contribution in [2.75, 3.05) is 5.32 Å². The molecule has 1 N–H and O–H groups in total. The quantitative estimate of drug-likeness (QED) is 0.552. The number of carbonyl (C=O) groups is 1. The van der Waals surface area contributed by atoms with Crippen molar-refractivity contribution >= 4 is 28.8 Å². The first-order valence-corrected chi connectivity index (χ1v) is 8.90. The third kappa shape index (κ3) is 3.17. The van der Waals surface area contributed by atoms with Crippen molar-refractivity contribution in [1.29, 1.82) is 0 Å². The van der Waals surface area contributed by atoms with E-state index in [0.717, 1.165) is 22.5 Å². The summed E-state index contributed by atoms with van der Waals surface area (Å²) < 4.78 is 1.66. The van der Waals surface area contributed by atoms with Crippen LogP contribution in [-0.4, -0.2) is 20.5 Å². The van der Waals surface area contributed by atoms with Gasteiger partial charge in [0, 0.05) is 11.8 Å². The van der Waals surface area contributed by atoms with Crippen LogP contribution in [0.4, 0.5) is 5.69 Å². The molecule has 6 heteroatoms. The van der Waals surface area contributed by atoms with Crippen LogP contribution in [0.15, 0.2) is 60.8 Å². The molecular weight excluding hydrogens is 360 g/mol. The lowest BCUT2D eigenvalue weighted by molar-refractivity contribution is 0.102. The first-order chi connectivity index (χ1) is 13.0. The molecular formula is C21H17ClN4O. The van der Waals surface area contributed by atoms with Crippen LogP contribution in [0.25, 0.3) is 16.8 Å². The predicted molar refractivity (Wildman–Crippen MR) is 107 cm³/mol. The number of amides is 1. The number of halogens is 1. The van der Waals surface area contributed by atoms with E-state index in [1.54, 1.807) is 22.8 Å². The molecule has 0 spiro atoms. The molecule has 2 aromatic carbocycles. The van der Waals surface area contributed by atoms with Gasteiger partial charge in [-0.05, 0) is 31.5 Å². The lowest BCUT2D eigenvalue weighted by Gasteiger charge is -2.09. The van der Waals surface area contributed by atoms with E-state index in [-0.39, 0.29) is 5.91 Å². The summed E-state index contributed by atoms with van der Waals surface area (Å²) >= 11 is 6.13. The summed E-state index contributed by atoms with van der Waals surface area (Å²) in [5, 5.41) is 7.86. The summed E-state index contributed by atoms with van der Waals surface area (Å²) in [6.45, 7) is 3.76. The Morgan fingerprint density at radius 1 is 1.00 bits per heavy atom. The van der Waals surface area contributed by atoms with Crippen LogP contribution < -0.4 is 5.32 Å². The van der Waals surface area contributed by atoms with Gasteiger partial charge in [0.1, 0.15) is 0 Å². The maximum absolute atomic E-state index is 12.7. The van der Waals surface area contributed by atoms with Crippen LogP contribution >= 0.6 is 11.6 Å². The van der Waals surface area contributed by atoms with Gasteiger partial charge in [-0.25, -0.2) is 9.50 Å². The molecule has 0 atom stereocenters. The zero-order valence-electron chi connectivity index (χ0n) is 14.9. The highest BCUT2D eigenvalue weighted by molar-refractivity contribution is 6.33. The Morgan fingerprint density at radius 3 is 2.44 bits per heavy atom. The van der Waals surface area contributed by atoms with E-state index in [9.17, 15) is 4.79 Å². The molecule has 5 nitrogen and oxygen atoms in total. The number of rotatable bonds is 3. The standard InChI is InChI=1S/C21H17ClN4O/c1-13-16(21(27)24-18-11-7-6-10-17(18)22)12-26-20(23-13)19(14(2)25-26)15-8-4-3-5-9-15/h3-12H,1-2H3,(H,24,27). The van der Waals surface area contributed by atoms with Crippen LogP contribution in [0, 0.1) is 13.8 Å². The average Bonchev–Trinajstić information content (AvgIpc) is 2.98. The van der Waals surface area contributed by atoms with E-state index in [2.05, 4.69) is 15.4 Å². The Hall–Kier alpha value is -3.18. The Kier molecular flexibility index (Phi) is 4.38. The van der Waals surface area contributed by atoms with Gasteiger partial charge < -0.3 is 5.32 Å². The van der Waals surface area contributed by atoms with Crippen LogP contribution in [0.1, 0.15) is 21.7 Å². The second-order valence-electron chi connectivity index (χ2n) is 6.27. The number of hydrogen-bond donors (Lipinski definition) is 1. The minimum atomic E-state index is -0.274. The highest BCUT2D eigenvalue weighted by Gasteiger charge is 2.18. The number of aromatic nitrogens is 3. The van der Waals surface area contributed by atoms with Gasteiger partial charge in [0.05, 0.1) is 27.7 Å². The van der Waals surface area contributed by atoms with E-state index in [4.69, 9.17) is 11.6 Å². The number of carbonyl (C=O) groups excluding carboxylic acids is 1. The number of anilines is 1. The molecule has 0 saturated carbocycles. The highest BCUT2D eigenvalue weighted by atomic mass is 35.5. The molecule has 0 unspecified atom stereocenters. The van der Waals surface area contributed by atoms with Gasteiger partial charge in [-0.15, -0.1) is 0 Å². The number of benzene rings is 2. The third-order valence-electron chi connectivity index (χ3n) is 4.40. The second-order valence-corrected chi connectivity index (χ2v) is 6.68. The summed E-state index contributed by atoms with van der Waals surface area (Å²) in [5.41, 5.74) is 5.24. The molecule has 0 bridgehead atoms. The topological polar surface area (TPSA) is 59.3 Å². The van der Waals surface area contributed by atoms with Crippen LogP contribution in [0.2, 0.25) is 5.02 Å². The van der Waals surface area contributed by atoms with Crippen LogP contribution in [-0.2, 0) is 0 Å². The van der Waals surface area contributed by atoms with E-state index >= 15 is 0 Å². The van der Waals surface area contributed by atoms with Crippen molar-refractivity contribution in [3.63, 3.8) is 0 Å². The number of aryl methyl sites for hydroxylation is 2. The fraction of sp³-hybridized carbons (Fsp3) is 0.0952. The average molecular weight is 377 g/mol. The molecule has 0 aliphatic heterocycles. The Morgan fingerprint density at radius 2 is 1.70 bits per heavy atom. The molecule has 4 aromatic rings. The van der Waals surface area contributed by atoms with Crippen molar-refractivity contribution in [1.82, 2.24) is 14.6 Å². The van der Waals surface area contributed by atoms with Gasteiger partial charge in [-0.1, -0.05) is 54.1 Å². The molecule has 134 valence electrons. The maximum Gasteiger partial charge on any atom is 0.259 e. The van der Waals surface area contributed by atoms with Crippen molar-refractivity contribution in [3.05, 3.63) is 82.8 Å². The molecule has 0 aliphatic rings. The number of para-hydroxylation sites is 1. The van der Waals surface area contributed by atoms with Crippen molar-refractivity contribution in [2.45, 2.75) is 13.8 Å². The van der Waals surface area contributed by atoms with E-state index in [0.29, 0.717) is 22.0 Å². The molecule has 0 aliphatic carbocycles. The van der Waals surface area contributed by atoms with Crippen molar-refractivity contribution in [3.8, 4) is 11.1 Å². The van der Waals surface area contributed by atoms with E-state index < -0.39 is 0 Å². The fourth-order valence-corrected chi connectivity index (χ4v) is 3.27. The van der Waals surface area contributed by atoms with Gasteiger partial charge in [0.15, 0.2) is 5.65 Å². The van der Waals surface area contributed by atoms with Gasteiger partial charge in [0.2, 0.25) is 0 Å². The summed E-state index contributed by atoms with van der Waals surface area (Å²) in [4.78, 5) is 17.4. The molecule has 0 radical (unpaired) electrons. The molecule has 0 fully saturated rings. The molecule has 1 amide bonds. The summed E-state index contributed by atoms with van der Waals surface area (Å²) in [5.74, 6) is -0.274. The Balaban J connectivity index is 1.77. The summed E-state index contributed by atoms with van der Waals surface area (Å²) in [6, 6.07) is 17.1. The third-order valence-corrected chi connectivity index (χ3v) is 4.73. The Bertz CT molecular complexity index is 1150. The fourth-order valence-electron chi connectivity index (χ4n) is 3.09. The van der Waals surface area contributed by atoms with Crippen molar-refractivity contribution < 1.29 is 4.79 Å². The van der Waals surface area contributed by atoms with Gasteiger partial charge in [0.25, 0.3) is 5.91 Å². The number of hydrogen-bond acceptors (Lipinski definition) is 3. The lowest BCUT2D eigenvalue weighted by Crippen LogP contribution is -2.15. The SMILES string of the molecule is Cc1nc2c(-c3ccccc3)c(C)nn2cc1C(=O)Nc1ccccc1Cl. The molecule has 27 heavy (non-hydrogen) atoms. The summed E-state index contributed by atoms with van der Waals surface area (Å²) in [7, 11) is 0. The van der Waals surface area contributed by atoms with E-state index in [1.165, 1.54) is 0 Å². The first kappa shape index (κ1) is 17.2. The number of nitrogens with one attached hydrogen (secondary N) is 1. The number of fused-ring (bicyclic) bond motifs is 1. The lowest BCUT2D eigenvalue weighted by atomic mass is 10.1. The van der Waals surface area contributed by atoms with Crippen LogP contribution in [0.3, 0.4) is 0 Å². The van der Waals surface area contributed by atoms with Gasteiger partial charge in [-0.3, -0.25) is 4.79 Å². The predicted octanol–water partition coefficient (Wildman–Crippen LogP) is 4.92. The highest BCUT2D eigenvalue weighted by Crippen LogP contribution is 2.28. The molecule has 0 saturated heterocycles. The minimum absolute atomic E-state index is 0.274. The minimum Gasteiger partial charge on any atom is -0.321 e. The first-order valence-electron chi connectivity index (χ1n) is 8.52. The smallest absolute Gasteiger partial charge is 0.259 e. The van der Waals surface area contributed by atoms with Gasteiger partial charge in [-0.2, -0.15) is 5.10 Å². The normalized spacial score (nSPS) is 10.9. The number of nitrogens with zero attached hydrogens (tertiary/aromatic N) is 3. The van der Waals surface area contributed by atoms with Crippen LogP contribution in [0.5, 0.6) is 0 Å². The monoisotopic (exact) mass is 376 g/mol. The van der Waals surface area contributed by atoms with E-state index in [1.807, 2.05) is 56.3 Å². The zero-order valence-corrected chi connectivity index (χ0v) is 15.7. The molecule has 4 rings (SSSR count). The molecule has 2 heterocycles. The molecule has 2 aromatic heterocycles. The largest absolute Gasteiger partial charge is 0.321 e. The second kappa shape index (κ2) is 6.85. The van der Waals surface area contributed by atoms with Gasteiger partial charge >= 0.3 is 0 Å². The zero-order chi connectivity index (χ0) is 19.0. The summed E-state index contributed by atoms with van der Waals surface area (Å²) in [6.07, 6.45) is 1.71.